The summed E-state index contributed by atoms with van der Waals surface area (Å²) in [6.45, 7) is 3.44. The molecular weight excluding hydrogens is 448 g/mol. The first-order chi connectivity index (χ1) is 10.9. The number of halogens is 2. The van der Waals surface area contributed by atoms with Crippen molar-refractivity contribution in [3.05, 3.63) is 60.7 Å². The molecule has 0 saturated carbocycles. The molecule has 0 amide bonds. The Morgan fingerprint density at radius 2 is 1.48 bits per heavy atom. The predicted octanol–water partition coefficient (Wildman–Crippen LogP) is 4.07. The summed E-state index contributed by atoms with van der Waals surface area (Å²) in [5.41, 5.74) is 4.49. The molecule has 0 unspecified atom stereocenters. The van der Waals surface area contributed by atoms with Crippen LogP contribution in [0.2, 0.25) is 0 Å². The lowest BCUT2D eigenvalue weighted by Crippen LogP contribution is -2.36. The van der Waals surface area contributed by atoms with E-state index in [9.17, 15) is 0 Å². The lowest BCUT2D eigenvalue weighted by Gasteiger charge is -2.30. The number of rotatable bonds is 2. The molecule has 6 heteroatoms. The number of aromatic nitrogens is 1. The summed E-state index contributed by atoms with van der Waals surface area (Å²) in [6.07, 6.45) is 0. The van der Waals surface area contributed by atoms with Crippen LogP contribution in [0.4, 0.5) is 5.69 Å². The Bertz CT molecular complexity index is 794. The van der Waals surface area contributed by atoms with Crippen LogP contribution in [0.25, 0.3) is 22.2 Å². The molecule has 1 fully saturated rings. The third-order valence-electron chi connectivity index (χ3n) is 4.12. The molecule has 25 heavy (non-hydrogen) atoms. The van der Waals surface area contributed by atoms with Crippen LogP contribution >= 0.6 is 34.0 Å². The molecule has 2 N–H and O–H groups in total. The average Bonchev–Trinajstić information content (AvgIpc) is 2.62. The Kier molecular flexibility index (Phi) is 8.52. The van der Waals surface area contributed by atoms with Crippen LogP contribution in [0.1, 0.15) is 0 Å². The zero-order valence-electron chi connectivity index (χ0n) is 13.7. The molecule has 3 aromatic rings. The molecule has 0 aliphatic carbocycles. The molecule has 0 bridgehead atoms. The van der Waals surface area contributed by atoms with E-state index in [1.807, 2.05) is 12.1 Å². The van der Waals surface area contributed by atoms with E-state index in [-0.39, 0.29) is 39.4 Å². The molecule has 1 aliphatic rings. The summed E-state index contributed by atoms with van der Waals surface area (Å²) in [5.74, 6) is 0. The first-order valence-corrected chi connectivity index (χ1v) is 7.70. The highest BCUT2D eigenvalue weighted by molar-refractivity contribution is 8.93. The van der Waals surface area contributed by atoms with Crippen molar-refractivity contribution in [3.8, 4) is 11.3 Å². The largest absolute Gasteiger partial charge is 0.412 e. The molecule has 0 atom stereocenters. The number of fused-ring (bicyclic) bond motifs is 1. The standard InChI is InChI=1S/C19H18N2O.2BrH.H2O/c1-2-6-15(7-3-1)18-14-19(21-10-12-22-13-11-21)16-8-4-5-9-17(16)20-18;;;/h1-9,14H,10-13H2;2*1H;1H2. The van der Waals surface area contributed by atoms with Crippen molar-refractivity contribution < 1.29 is 10.2 Å². The van der Waals surface area contributed by atoms with Crippen molar-refractivity contribution in [2.45, 2.75) is 0 Å². The summed E-state index contributed by atoms with van der Waals surface area (Å²) in [6, 6.07) is 21.0. The Labute approximate surface area is 168 Å². The molecule has 1 saturated heterocycles. The number of benzene rings is 2. The molecule has 2 heterocycles. The van der Waals surface area contributed by atoms with Gasteiger partial charge in [0.05, 0.1) is 24.4 Å². The van der Waals surface area contributed by atoms with Crippen molar-refractivity contribution >= 4 is 50.6 Å². The Morgan fingerprint density at radius 3 is 2.20 bits per heavy atom. The summed E-state index contributed by atoms with van der Waals surface area (Å²) in [5, 5.41) is 1.21. The minimum atomic E-state index is 0. The van der Waals surface area contributed by atoms with Gasteiger partial charge in [-0.25, -0.2) is 4.98 Å². The number of para-hydroxylation sites is 1. The number of hydrogen-bond donors (Lipinski definition) is 0. The van der Waals surface area contributed by atoms with Gasteiger partial charge in [0.25, 0.3) is 0 Å². The zero-order chi connectivity index (χ0) is 14.8. The van der Waals surface area contributed by atoms with Gasteiger partial charge in [-0.15, -0.1) is 34.0 Å². The maximum Gasteiger partial charge on any atom is 0.0730 e. The number of pyridine rings is 1. The minimum absolute atomic E-state index is 0. The molecule has 4 rings (SSSR count). The second-order valence-electron chi connectivity index (χ2n) is 5.51. The monoisotopic (exact) mass is 468 g/mol. The van der Waals surface area contributed by atoms with Crippen molar-refractivity contribution in [2.75, 3.05) is 31.2 Å². The number of nitrogens with zero attached hydrogens (tertiary/aromatic N) is 2. The Hall–Kier alpha value is -1.47. The maximum absolute atomic E-state index is 5.49. The van der Waals surface area contributed by atoms with E-state index in [2.05, 4.69) is 53.4 Å². The lowest BCUT2D eigenvalue weighted by molar-refractivity contribution is 0.123. The smallest absolute Gasteiger partial charge is 0.0730 e. The normalized spacial score (nSPS) is 13.4. The van der Waals surface area contributed by atoms with Gasteiger partial charge in [0.1, 0.15) is 0 Å². The second kappa shape index (κ2) is 9.87. The van der Waals surface area contributed by atoms with Crippen LogP contribution in [0, 0.1) is 0 Å². The van der Waals surface area contributed by atoms with E-state index in [1.165, 1.54) is 11.1 Å². The molecule has 2 aromatic carbocycles. The van der Waals surface area contributed by atoms with E-state index in [4.69, 9.17) is 9.72 Å². The molecule has 134 valence electrons. The van der Waals surface area contributed by atoms with Gasteiger partial charge in [0, 0.05) is 29.7 Å². The fourth-order valence-corrected chi connectivity index (χ4v) is 2.98. The molecule has 0 radical (unpaired) electrons. The third kappa shape index (κ3) is 4.58. The predicted molar refractivity (Wildman–Crippen MR) is 114 cm³/mol. The van der Waals surface area contributed by atoms with Crippen LogP contribution in [-0.2, 0) is 4.74 Å². The Balaban J connectivity index is 0.00000104. The summed E-state index contributed by atoms with van der Waals surface area (Å²) in [4.78, 5) is 7.25. The molecule has 0 spiro atoms. The quantitative estimate of drug-likeness (QED) is 0.568. The molecule has 1 aliphatic heterocycles. The average molecular weight is 470 g/mol. The number of morpholine rings is 1. The van der Waals surface area contributed by atoms with Crippen molar-refractivity contribution in [1.29, 1.82) is 0 Å². The van der Waals surface area contributed by atoms with E-state index < -0.39 is 0 Å². The summed E-state index contributed by atoms with van der Waals surface area (Å²) in [7, 11) is 0. The van der Waals surface area contributed by atoms with Crippen molar-refractivity contribution in [3.63, 3.8) is 0 Å². The minimum Gasteiger partial charge on any atom is -0.412 e. The lowest BCUT2D eigenvalue weighted by atomic mass is 10.1. The topological polar surface area (TPSA) is 56.9 Å². The highest BCUT2D eigenvalue weighted by Crippen LogP contribution is 2.31. The van der Waals surface area contributed by atoms with Gasteiger partial charge in [-0.2, -0.15) is 0 Å². The van der Waals surface area contributed by atoms with Gasteiger partial charge >= 0.3 is 0 Å². The van der Waals surface area contributed by atoms with Crippen LogP contribution in [-0.4, -0.2) is 36.8 Å². The Morgan fingerprint density at radius 1 is 0.840 bits per heavy atom. The summed E-state index contributed by atoms with van der Waals surface area (Å²) >= 11 is 0. The summed E-state index contributed by atoms with van der Waals surface area (Å²) < 4.78 is 5.49. The van der Waals surface area contributed by atoms with Gasteiger partial charge in [-0.1, -0.05) is 48.5 Å². The fraction of sp³-hybridized carbons (Fsp3) is 0.211. The fourth-order valence-electron chi connectivity index (χ4n) is 2.98. The molecule has 4 nitrogen and oxygen atoms in total. The zero-order valence-corrected chi connectivity index (χ0v) is 17.1. The third-order valence-corrected chi connectivity index (χ3v) is 4.12. The number of ether oxygens (including phenoxy) is 1. The van der Waals surface area contributed by atoms with Crippen LogP contribution in [0.3, 0.4) is 0 Å². The molecule has 1 aromatic heterocycles. The highest BCUT2D eigenvalue weighted by atomic mass is 79.9. The number of anilines is 1. The number of hydrogen-bond acceptors (Lipinski definition) is 3. The van der Waals surface area contributed by atoms with Crippen molar-refractivity contribution in [1.82, 2.24) is 4.98 Å². The second-order valence-corrected chi connectivity index (χ2v) is 5.51. The highest BCUT2D eigenvalue weighted by Gasteiger charge is 2.16. The first-order valence-electron chi connectivity index (χ1n) is 7.70. The van der Waals surface area contributed by atoms with Gasteiger partial charge in [-0.05, 0) is 12.1 Å². The van der Waals surface area contributed by atoms with Gasteiger partial charge < -0.3 is 15.1 Å². The van der Waals surface area contributed by atoms with E-state index in [0.717, 1.165) is 43.1 Å². The van der Waals surface area contributed by atoms with Crippen molar-refractivity contribution in [2.24, 2.45) is 0 Å². The van der Waals surface area contributed by atoms with E-state index in [1.54, 1.807) is 0 Å². The van der Waals surface area contributed by atoms with Crippen LogP contribution in [0.15, 0.2) is 60.7 Å². The van der Waals surface area contributed by atoms with Crippen LogP contribution < -0.4 is 4.90 Å². The first kappa shape index (κ1) is 21.6. The maximum atomic E-state index is 5.49. The van der Waals surface area contributed by atoms with E-state index in [0.29, 0.717) is 0 Å². The molecular formula is C19H22Br2N2O2. The van der Waals surface area contributed by atoms with Gasteiger partial charge in [0.2, 0.25) is 0 Å². The van der Waals surface area contributed by atoms with Gasteiger partial charge in [0.15, 0.2) is 0 Å². The van der Waals surface area contributed by atoms with Gasteiger partial charge in [-0.3, -0.25) is 0 Å². The SMILES string of the molecule is Br.Br.O.c1ccc(-c2cc(N3CCOCC3)c3ccccc3n2)cc1. The van der Waals surface area contributed by atoms with Crippen LogP contribution in [0.5, 0.6) is 0 Å². The van der Waals surface area contributed by atoms with E-state index >= 15 is 0 Å².